The van der Waals surface area contributed by atoms with Gasteiger partial charge in [0.1, 0.15) is 10.8 Å². The Morgan fingerprint density at radius 1 is 1.38 bits per heavy atom. The van der Waals surface area contributed by atoms with E-state index in [9.17, 15) is 4.39 Å². The van der Waals surface area contributed by atoms with E-state index in [1.807, 2.05) is 6.07 Å². The lowest BCUT2D eigenvalue weighted by atomic mass is 10.0. The van der Waals surface area contributed by atoms with E-state index in [-0.39, 0.29) is 11.9 Å². The molecule has 112 valence electrons. The normalized spacial score (nSPS) is 17.8. The van der Waals surface area contributed by atoms with Gasteiger partial charge in [0.05, 0.1) is 6.04 Å². The maximum absolute atomic E-state index is 13.9. The summed E-state index contributed by atoms with van der Waals surface area (Å²) < 4.78 is 13.9. The third-order valence-electron chi connectivity index (χ3n) is 3.37. The number of benzene rings is 1. The summed E-state index contributed by atoms with van der Waals surface area (Å²) in [6, 6.07) is 5.42. The molecule has 1 aliphatic heterocycles. The zero-order valence-corrected chi connectivity index (χ0v) is 13.7. The zero-order valence-electron chi connectivity index (χ0n) is 12.1. The Bertz CT molecular complexity index is 627. The number of nitrogens with one attached hydrogen (secondary N) is 1. The van der Waals surface area contributed by atoms with Crippen molar-refractivity contribution in [1.29, 1.82) is 0 Å². The second-order valence-corrected chi connectivity index (χ2v) is 7.76. The van der Waals surface area contributed by atoms with E-state index in [0.29, 0.717) is 5.92 Å². The van der Waals surface area contributed by atoms with Crippen molar-refractivity contribution in [3.05, 3.63) is 34.6 Å². The van der Waals surface area contributed by atoms with Gasteiger partial charge in [0.25, 0.3) is 0 Å². The van der Waals surface area contributed by atoms with Gasteiger partial charge < -0.3 is 5.32 Å². The SMILES string of the molecule is CC(C)Cc1nnc(NC2CCSc3c(F)cccc32)s1. The van der Waals surface area contributed by atoms with Crippen molar-refractivity contribution >= 4 is 28.2 Å². The lowest BCUT2D eigenvalue weighted by Crippen LogP contribution is -2.16. The average molecular weight is 323 g/mol. The monoisotopic (exact) mass is 323 g/mol. The first-order chi connectivity index (χ1) is 10.1. The van der Waals surface area contributed by atoms with Gasteiger partial charge in [-0.3, -0.25) is 0 Å². The number of thioether (sulfide) groups is 1. The van der Waals surface area contributed by atoms with E-state index in [4.69, 9.17) is 0 Å². The van der Waals surface area contributed by atoms with Crippen molar-refractivity contribution in [2.45, 2.75) is 37.6 Å². The van der Waals surface area contributed by atoms with Gasteiger partial charge in [0.15, 0.2) is 0 Å². The van der Waals surface area contributed by atoms with Gasteiger partial charge >= 0.3 is 0 Å². The first-order valence-corrected chi connectivity index (χ1v) is 8.94. The molecule has 0 aliphatic carbocycles. The van der Waals surface area contributed by atoms with Crippen LogP contribution in [0.5, 0.6) is 0 Å². The number of fused-ring (bicyclic) bond motifs is 1. The molecule has 3 rings (SSSR count). The highest BCUT2D eigenvalue weighted by Gasteiger charge is 2.24. The van der Waals surface area contributed by atoms with Crippen molar-refractivity contribution in [2.75, 3.05) is 11.1 Å². The van der Waals surface area contributed by atoms with Crippen molar-refractivity contribution in [1.82, 2.24) is 10.2 Å². The van der Waals surface area contributed by atoms with Gasteiger partial charge in [-0.25, -0.2) is 4.39 Å². The number of anilines is 1. The van der Waals surface area contributed by atoms with Crippen LogP contribution in [0, 0.1) is 11.7 Å². The van der Waals surface area contributed by atoms with Crippen LogP contribution in [0.3, 0.4) is 0 Å². The lowest BCUT2D eigenvalue weighted by molar-refractivity contribution is 0.585. The van der Waals surface area contributed by atoms with E-state index < -0.39 is 0 Å². The molecular weight excluding hydrogens is 305 g/mol. The Morgan fingerprint density at radius 2 is 2.24 bits per heavy atom. The maximum Gasteiger partial charge on any atom is 0.206 e. The number of aromatic nitrogens is 2. The molecule has 1 unspecified atom stereocenters. The fourth-order valence-electron chi connectivity index (χ4n) is 2.43. The van der Waals surface area contributed by atoms with Crippen LogP contribution < -0.4 is 5.32 Å². The predicted molar refractivity (Wildman–Crippen MR) is 86.6 cm³/mol. The topological polar surface area (TPSA) is 37.8 Å². The maximum atomic E-state index is 13.9. The second kappa shape index (κ2) is 6.32. The van der Waals surface area contributed by atoms with Crippen molar-refractivity contribution in [3.63, 3.8) is 0 Å². The molecule has 2 aromatic rings. The molecule has 0 bridgehead atoms. The van der Waals surface area contributed by atoms with Gasteiger partial charge in [-0.2, -0.15) is 0 Å². The molecule has 0 saturated carbocycles. The van der Waals surface area contributed by atoms with Crippen LogP contribution in [-0.2, 0) is 6.42 Å². The number of nitrogens with zero attached hydrogens (tertiary/aromatic N) is 2. The molecule has 1 N–H and O–H groups in total. The van der Waals surface area contributed by atoms with E-state index in [1.165, 1.54) is 6.07 Å². The van der Waals surface area contributed by atoms with Crippen LogP contribution in [0.4, 0.5) is 9.52 Å². The van der Waals surface area contributed by atoms with E-state index in [2.05, 4.69) is 29.4 Å². The molecule has 0 saturated heterocycles. The van der Waals surface area contributed by atoms with Gasteiger partial charge in [-0.15, -0.1) is 22.0 Å². The summed E-state index contributed by atoms with van der Waals surface area (Å²) in [5.41, 5.74) is 1.03. The molecule has 2 heterocycles. The summed E-state index contributed by atoms with van der Waals surface area (Å²) in [4.78, 5) is 0.771. The molecule has 0 fully saturated rings. The Kier molecular flexibility index (Phi) is 4.45. The summed E-state index contributed by atoms with van der Waals surface area (Å²) in [6.45, 7) is 4.35. The highest BCUT2D eigenvalue weighted by Crippen LogP contribution is 2.39. The predicted octanol–water partition coefficient (Wildman–Crippen LogP) is 4.52. The van der Waals surface area contributed by atoms with E-state index in [1.54, 1.807) is 29.2 Å². The van der Waals surface area contributed by atoms with Gasteiger partial charge in [-0.05, 0) is 24.0 Å². The molecule has 3 nitrogen and oxygen atoms in total. The smallest absolute Gasteiger partial charge is 0.206 e. The second-order valence-electron chi connectivity index (χ2n) is 5.59. The van der Waals surface area contributed by atoms with Crippen molar-refractivity contribution < 1.29 is 4.39 Å². The molecule has 1 aliphatic rings. The van der Waals surface area contributed by atoms with Gasteiger partial charge in [-0.1, -0.05) is 37.3 Å². The molecule has 0 radical (unpaired) electrons. The van der Waals surface area contributed by atoms with Crippen molar-refractivity contribution in [3.8, 4) is 0 Å². The van der Waals surface area contributed by atoms with E-state index >= 15 is 0 Å². The summed E-state index contributed by atoms with van der Waals surface area (Å²) >= 11 is 3.20. The minimum absolute atomic E-state index is 0.122. The standard InChI is InChI=1S/C15H18FN3S2/c1-9(2)8-13-18-19-15(21-13)17-12-6-7-20-14-10(12)4-3-5-11(14)16/h3-5,9,12H,6-8H2,1-2H3,(H,17,19). The molecule has 0 spiro atoms. The Balaban J connectivity index is 1.77. The molecule has 21 heavy (non-hydrogen) atoms. The van der Waals surface area contributed by atoms with E-state index in [0.717, 1.165) is 39.2 Å². The number of hydrogen-bond donors (Lipinski definition) is 1. The largest absolute Gasteiger partial charge is 0.353 e. The van der Waals surface area contributed by atoms with Crippen LogP contribution in [0.1, 0.15) is 36.9 Å². The fourth-order valence-corrected chi connectivity index (χ4v) is 4.57. The van der Waals surface area contributed by atoms with Crippen LogP contribution >= 0.6 is 23.1 Å². The van der Waals surface area contributed by atoms with Gasteiger partial charge in [0.2, 0.25) is 5.13 Å². The number of hydrogen-bond acceptors (Lipinski definition) is 5. The third-order valence-corrected chi connectivity index (χ3v) is 5.41. The molecule has 1 aromatic carbocycles. The highest BCUT2D eigenvalue weighted by atomic mass is 32.2. The molecule has 0 amide bonds. The molecule has 1 atom stereocenters. The first kappa shape index (κ1) is 14.8. The van der Waals surface area contributed by atoms with Crippen LogP contribution in [0.2, 0.25) is 0 Å². The first-order valence-electron chi connectivity index (χ1n) is 7.13. The lowest BCUT2D eigenvalue weighted by Gasteiger charge is -2.25. The quantitative estimate of drug-likeness (QED) is 0.897. The fraction of sp³-hybridized carbons (Fsp3) is 0.467. The molecular formula is C15H18FN3S2. The Hall–Kier alpha value is -1.14. The number of rotatable bonds is 4. The summed E-state index contributed by atoms with van der Waals surface area (Å²) in [5, 5.41) is 13.7. The zero-order chi connectivity index (χ0) is 14.8. The molecule has 6 heteroatoms. The van der Waals surface area contributed by atoms with Crippen LogP contribution in [0.15, 0.2) is 23.1 Å². The van der Waals surface area contributed by atoms with Crippen LogP contribution in [-0.4, -0.2) is 16.0 Å². The average Bonchev–Trinajstić information content (AvgIpc) is 2.86. The molecule has 1 aromatic heterocycles. The Morgan fingerprint density at radius 3 is 3.05 bits per heavy atom. The third kappa shape index (κ3) is 3.37. The van der Waals surface area contributed by atoms with Crippen LogP contribution in [0.25, 0.3) is 0 Å². The van der Waals surface area contributed by atoms with Crippen molar-refractivity contribution in [2.24, 2.45) is 5.92 Å². The highest BCUT2D eigenvalue weighted by molar-refractivity contribution is 7.99. The minimum Gasteiger partial charge on any atom is -0.353 e. The summed E-state index contributed by atoms with van der Waals surface area (Å²) in [7, 11) is 0. The summed E-state index contributed by atoms with van der Waals surface area (Å²) in [5.74, 6) is 1.37. The number of halogens is 1. The Labute approximate surface area is 132 Å². The summed E-state index contributed by atoms with van der Waals surface area (Å²) in [6.07, 6.45) is 1.92. The minimum atomic E-state index is -0.123. The van der Waals surface area contributed by atoms with Gasteiger partial charge in [0, 0.05) is 17.1 Å².